The van der Waals surface area contributed by atoms with Crippen LogP contribution in [-0.4, -0.2) is 37.6 Å². The SMILES string of the molecule is O=C1[C@@H](NS(=O)(=O)CCc2ccc(Cl)s2)CCN1c1ncc(Br)s1. The van der Waals surface area contributed by atoms with Crippen molar-refractivity contribution in [2.24, 2.45) is 0 Å². The van der Waals surface area contributed by atoms with Crippen molar-refractivity contribution in [1.29, 1.82) is 0 Å². The lowest BCUT2D eigenvalue weighted by Gasteiger charge is -2.14. The van der Waals surface area contributed by atoms with Crippen LogP contribution in [0.4, 0.5) is 5.13 Å². The average molecular weight is 471 g/mol. The molecule has 0 spiro atoms. The van der Waals surface area contributed by atoms with Gasteiger partial charge in [-0.2, -0.15) is 0 Å². The topological polar surface area (TPSA) is 79.4 Å². The first-order chi connectivity index (χ1) is 11.3. The minimum atomic E-state index is -3.55. The van der Waals surface area contributed by atoms with Gasteiger partial charge in [-0.25, -0.2) is 18.1 Å². The number of halogens is 2. The maximum atomic E-state index is 12.4. The fourth-order valence-electron chi connectivity index (χ4n) is 2.35. The molecular weight excluding hydrogens is 458 g/mol. The van der Waals surface area contributed by atoms with Gasteiger partial charge in [0.1, 0.15) is 6.04 Å². The molecule has 6 nitrogen and oxygen atoms in total. The molecule has 0 bridgehead atoms. The molecule has 24 heavy (non-hydrogen) atoms. The van der Waals surface area contributed by atoms with E-state index in [1.54, 1.807) is 12.3 Å². The predicted molar refractivity (Wildman–Crippen MR) is 101 cm³/mol. The predicted octanol–water partition coefficient (Wildman–Crippen LogP) is 2.89. The lowest BCUT2D eigenvalue weighted by Crippen LogP contribution is -2.42. The number of anilines is 1. The molecule has 1 N–H and O–H groups in total. The molecule has 0 radical (unpaired) electrons. The Hall–Kier alpha value is -0.520. The molecule has 2 aromatic heterocycles. The van der Waals surface area contributed by atoms with E-state index in [0.29, 0.717) is 28.9 Å². The molecule has 11 heteroatoms. The number of sulfonamides is 1. The van der Waals surface area contributed by atoms with Gasteiger partial charge in [0.05, 0.1) is 20.1 Å². The van der Waals surface area contributed by atoms with Gasteiger partial charge in [0.2, 0.25) is 15.9 Å². The highest BCUT2D eigenvalue weighted by molar-refractivity contribution is 9.11. The number of rotatable bonds is 6. The summed E-state index contributed by atoms with van der Waals surface area (Å²) < 4.78 is 28.4. The van der Waals surface area contributed by atoms with Crippen molar-refractivity contribution in [2.75, 3.05) is 17.2 Å². The van der Waals surface area contributed by atoms with E-state index in [2.05, 4.69) is 25.6 Å². The summed E-state index contributed by atoms with van der Waals surface area (Å²) in [6, 6.07) is 2.82. The third-order valence-corrected chi connectivity index (χ3v) is 7.64. The van der Waals surface area contributed by atoms with E-state index in [-0.39, 0.29) is 11.7 Å². The first kappa shape index (κ1) is 18.3. The van der Waals surface area contributed by atoms with Crippen molar-refractivity contribution in [3.63, 3.8) is 0 Å². The summed E-state index contributed by atoms with van der Waals surface area (Å²) in [5.74, 6) is -0.337. The van der Waals surface area contributed by atoms with E-state index < -0.39 is 16.1 Å². The third kappa shape index (κ3) is 4.36. The number of carbonyl (C=O) groups is 1. The summed E-state index contributed by atoms with van der Waals surface area (Å²) in [7, 11) is -3.55. The number of hydrogen-bond acceptors (Lipinski definition) is 6. The second kappa shape index (κ2) is 7.38. The van der Waals surface area contributed by atoms with Crippen molar-refractivity contribution in [3.8, 4) is 0 Å². The van der Waals surface area contributed by atoms with Crippen molar-refractivity contribution < 1.29 is 13.2 Å². The number of nitrogens with one attached hydrogen (secondary N) is 1. The van der Waals surface area contributed by atoms with Crippen LogP contribution >= 0.6 is 50.2 Å². The Morgan fingerprint density at radius 1 is 1.42 bits per heavy atom. The van der Waals surface area contributed by atoms with Crippen LogP contribution in [0, 0.1) is 0 Å². The summed E-state index contributed by atoms with van der Waals surface area (Å²) in [5, 5.41) is 0.571. The van der Waals surface area contributed by atoms with E-state index in [1.807, 2.05) is 6.07 Å². The maximum absolute atomic E-state index is 12.4. The number of thiophene rings is 1. The number of hydrogen-bond donors (Lipinski definition) is 1. The van der Waals surface area contributed by atoms with Gasteiger partial charge in [0.25, 0.3) is 0 Å². The van der Waals surface area contributed by atoms with Gasteiger partial charge in [0, 0.05) is 11.4 Å². The molecule has 1 saturated heterocycles. The number of amides is 1. The van der Waals surface area contributed by atoms with Gasteiger partial charge >= 0.3 is 0 Å². The highest BCUT2D eigenvalue weighted by Crippen LogP contribution is 2.30. The van der Waals surface area contributed by atoms with Crippen molar-refractivity contribution in [3.05, 3.63) is 31.3 Å². The average Bonchev–Trinajstić information content (AvgIpc) is 3.20. The Morgan fingerprint density at radius 2 is 2.21 bits per heavy atom. The number of thiazole rings is 1. The van der Waals surface area contributed by atoms with Gasteiger partial charge in [-0.05, 0) is 40.9 Å². The number of nitrogens with zero attached hydrogens (tertiary/aromatic N) is 2. The van der Waals surface area contributed by atoms with Gasteiger partial charge in [-0.1, -0.05) is 22.9 Å². The molecule has 0 unspecified atom stereocenters. The number of carbonyl (C=O) groups excluding carboxylic acids is 1. The molecule has 1 fully saturated rings. The highest BCUT2D eigenvalue weighted by atomic mass is 79.9. The minimum Gasteiger partial charge on any atom is -0.287 e. The van der Waals surface area contributed by atoms with Crippen LogP contribution in [0.3, 0.4) is 0 Å². The molecular formula is C13H13BrClN3O3S3. The molecule has 1 aliphatic rings. The van der Waals surface area contributed by atoms with Gasteiger partial charge in [0.15, 0.2) is 5.13 Å². The standard InChI is InChI=1S/C13H13BrClN3O3S3/c14-10-7-16-13(23-10)18-5-3-9(12(18)19)17-24(20,21)6-4-8-1-2-11(15)22-8/h1-2,7,9,17H,3-6H2/t9-/m0/s1. The normalized spacial score (nSPS) is 18.5. The minimum absolute atomic E-state index is 0.0730. The van der Waals surface area contributed by atoms with Gasteiger partial charge in [-0.15, -0.1) is 11.3 Å². The van der Waals surface area contributed by atoms with Crippen molar-refractivity contribution in [2.45, 2.75) is 18.9 Å². The van der Waals surface area contributed by atoms with Crippen LogP contribution in [0.5, 0.6) is 0 Å². The second-order valence-electron chi connectivity index (χ2n) is 5.17. The molecule has 0 aromatic carbocycles. The van der Waals surface area contributed by atoms with E-state index >= 15 is 0 Å². The van der Waals surface area contributed by atoms with E-state index in [1.165, 1.54) is 27.6 Å². The lowest BCUT2D eigenvalue weighted by atomic mass is 10.3. The summed E-state index contributed by atoms with van der Waals surface area (Å²) >= 11 is 11.8. The summed E-state index contributed by atoms with van der Waals surface area (Å²) in [6.07, 6.45) is 2.42. The lowest BCUT2D eigenvalue weighted by molar-refractivity contribution is -0.118. The largest absolute Gasteiger partial charge is 0.287 e. The van der Waals surface area contributed by atoms with Gasteiger partial charge in [-0.3, -0.25) is 9.69 Å². The Labute approximate surface area is 161 Å². The first-order valence-corrected chi connectivity index (χ1v) is 11.5. The fraction of sp³-hybridized carbons (Fsp3) is 0.385. The van der Waals surface area contributed by atoms with E-state index in [0.717, 1.165) is 8.66 Å². The Kier molecular flexibility index (Phi) is 5.62. The van der Waals surface area contributed by atoms with Crippen molar-refractivity contribution >= 4 is 71.3 Å². The smallest absolute Gasteiger partial charge is 0.247 e. The highest BCUT2D eigenvalue weighted by Gasteiger charge is 2.36. The zero-order chi connectivity index (χ0) is 17.3. The fourth-order valence-corrected chi connectivity index (χ4v) is 6.03. The third-order valence-electron chi connectivity index (χ3n) is 3.47. The molecule has 3 rings (SSSR count). The van der Waals surface area contributed by atoms with Crippen LogP contribution in [0.25, 0.3) is 0 Å². The quantitative estimate of drug-likeness (QED) is 0.704. The molecule has 130 valence electrons. The van der Waals surface area contributed by atoms with E-state index in [4.69, 9.17) is 11.6 Å². The van der Waals surface area contributed by atoms with Crippen LogP contribution < -0.4 is 9.62 Å². The monoisotopic (exact) mass is 469 g/mol. The van der Waals surface area contributed by atoms with E-state index in [9.17, 15) is 13.2 Å². The summed E-state index contributed by atoms with van der Waals surface area (Å²) in [4.78, 5) is 19.0. The Morgan fingerprint density at radius 3 is 2.83 bits per heavy atom. The first-order valence-electron chi connectivity index (χ1n) is 7.01. The van der Waals surface area contributed by atoms with Crippen LogP contribution in [0.1, 0.15) is 11.3 Å². The molecule has 3 heterocycles. The maximum Gasteiger partial charge on any atom is 0.247 e. The van der Waals surface area contributed by atoms with Crippen LogP contribution in [0.15, 0.2) is 22.1 Å². The Bertz CT molecular complexity index is 852. The molecule has 1 aliphatic heterocycles. The molecule has 1 atom stereocenters. The summed E-state index contributed by atoms with van der Waals surface area (Å²) in [5.41, 5.74) is 0. The Balaban J connectivity index is 1.60. The second-order valence-corrected chi connectivity index (χ2v) is 11.2. The molecule has 2 aromatic rings. The van der Waals surface area contributed by atoms with Crippen molar-refractivity contribution in [1.82, 2.24) is 9.71 Å². The zero-order valence-electron chi connectivity index (χ0n) is 12.2. The molecule has 0 aliphatic carbocycles. The molecule has 0 saturated carbocycles. The number of aryl methyl sites for hydroxylation is 1. The summed E-state index contributed by atoms with van der Waals surface area (Å²) in [6.45, 7) is 0.451. The number of aromatic nitrogens is 1. The molecule has 1 amide bonds. The van der Waals surface area contributed by atoms with Gasteiger partial charge < -0.3 is 0 Å². The van der Waals surface area contributed by atoms with Crippen LogP contribution in [0.2, 0.25) is 4.34 Å². The zero-order valence-corrected chi connectivity index (χ0v) is 17.0. The van der Waals surface area contributed by atoms with Crippen LogP contribution in [-0.2, 0) is 21.2 Å².